The molecule has 0 amide bonds. The van der Waals surface area contributed by atoms with E-state index in [-0.39, 0.29) is 25.2 Å². The summed E-state index contributed by atoms with van der Waals surface area (Å²) < 4.78 is 10.5. The summed E-state index contributed by atoms with van der Waals surface area (Å²) in [4.78, 5) is 24.1. The molecule has 0 radical (unpaired) electrons. The largest absolute Gasteiger partial charge is 0.462 e. The molecule has 1 atom stereocenters. The van der Waals surface area contributed by atoms with Crippen molar-refractivity contribution in [1.82, 2.24) is 0 Å². The second-order valence-corrected chi connectivity index (χ2v) is 10.9. The lowest BCUT2D eigenvalue weighted by Gasteiger charge is -2.15. The number of aliphatic hydroxyl groups excluding tert-OH is 1. The van der Waals surface area contributed by atoms with Crippen molar-refractivity contribution in [3.8, 4) is 0 Å². The van der Waals surface area contributed by atoms with Crippen LogP contribution in [0.25, 0.3) is 0 Å². The van der Waals surface area contributed by atoms with Gasteiger partial charge < -0.3 is 14.6 Å². The first-order chi connectivity index (χ1) is 19.6. The van der Waals surface area contributed by atoms with Gasteiger partial charge >= 0.3 is 11.9 Å². The Morgan fingerprint density at radius 2 is 1.02 bits per heavy atom. The smallest absolute Gasteiger partial charge is 0.306 e. The maximum Gasteiger partial charge on any atom is 0.306 e. The molecule has 5 heteroatoms. The fourth-order valence-corrected chi connectivity index (χ4v) is 4.33. The zero-order valence-corrected chi connectivity index (χ0v) is 26.1. The molecule has 1 N–H and O–H groups in total. The van der Waals surface area contributed by atoms with Gasteiger partial charge in [-0.3, -0.25) is 9.59 Å². The summed E-state index contributed by atoms with van der Waals surface area (Å²) in [5, 5.41) is 9.49. The molecule has 0 aliphatic rings. The molecule has 0 saturated carbocycles. The van der Waals surface area contributed by atoms with Gasteiger partial charge in [-0.25, -0.2) is 0 Å². The van der Waals surface area contributed by atoms with Crippen molar-refractivity contribution in [3.63, 3.8) is 0 Å². The maximum atomic E-state index is 12.1. The molecule has 0 bridgehead atoms. The van der Waals surface area contributed by atoms with Crippen LogP contribution in [-0.4, -0.2) is 36.4 Å². The summed E-state index contributed by atoms with van der Waals surface area (Å²) in [6.45, 7) is 4.03. The average Bonchev–Trinajstić information content (AvgIpc) is 2.96. The molecule has 232 valence electrons. The number of hydrogen-bond donors (Lipinski definition) is 1. The van der Waals surface area contributed by atoms with E-state index in [9.17, 15) is 14.7 Å². The Kier molecular flexibility index (Phi) is 30.2. The molecule has 40 heavy (non-hydrogen) atoms. The van der Waals surface area contributed by atoms with Crippen molar-refractivity contribution in [2.24, 2.45) is 0 Å². The van der Waals surface area contributed by atoms with E-state index in [0.29, 0.717) is 12.8 Å². The molecule has 0 aromatic heterocycles. The van der Waals surface area contributed by atoms with E-state index in [1.807, 2.05) is 0 Å². The van der Waals surface area contributed by atoms with Crippen molar-refractivity contribution in [3.05, 3.63) is 36.5 Å². The van der Waals surface area contributed by atoms with E-state index in [1.54, 1.807) is 0 Å². The number of unbranched alkanes of at least 4 members (excludes halogenated alkanes) is 15. The van der Waals surface area contributed by atoms with Gasteiger partial charge in [0, 0.05) is 12.8 Å². The number of allylic oxidation sites excluding steroid dienone is 6. The third-order valence-electron chi connectivity index (χ3n) is 6.91. The van der Waals surface area contributed by atoms with E-state index in [1.165, 1.54) is 64.2 Å². The molecule has 0 rings (SSSR count). The molecule has 0 heterocycles. The molecular weight excluding hydrogens is 500 g/mol. The molecule has 0 aliphatic heterocycles. The summed E-state index contributed by atoms with van der Waals surface area (Å²) in [6, 6.07) is 0. The molecule has 0 fully saturated rings. The van der Waals surface area contributed by atoms with Crippen LogP contribution in [0.3, 0.4) is 0 Å². The minimum atomic E-state index is -0.778. The predicted octanol–water partition coefficient (Wildman–Crippen LogP) is 9.72. The lowest BCUT2D eigenvalue weighted by molar-refractivity contribution is -0.161. The molecule has 0 saturated heterocycles. The Hall–Kier alpha value is -1.88. The summed E-state index contributed by atoms with van der Waals surface area (Å²) in [5.74, 6) is -0.622. The van der Waals surface area contributed by atoms with Crippen molar-refractivity contribution in [2.75, 3.05) is 13.2 Å². The SMILES string of the molecule is CCCC/C=C\CCCCCCCC(=O)OC[C@H](CO)OC(=O)CCCCCCC/C=C\C/C=C\CCCCC. The van der Waals surface area contributed by atoms with Crippen molar-refractivity contribution in [2.45, 2.75) is 161 Å². The highest BCUT2D eigenvalue weighted by molar-refractivity contribution is 5.70. The molecule has 0 aliphatic carbocycles. The average molecular weight is 563 g/mol. The van der Waals surface area contributed by atoms with Gasteiger partial charge in [0.2, 0.25) is 0 Å². The number of aliphatic hydroxyl groups is 1. The summed E-state index contributed by atoms with van der Waals surface area (Å²) in [7, 11) is 0. The van der Waals surface area contributed by atoms with Crippen LogP contribution in [0.1, 0.15) is 155 Å². The van der Waals surface area contributed by atoms with E-state index in [0.717, 1.165) is 64.2 Å². The van der Waals surface area contributed by atoms with E-state index < -0.39 is 6.10 Å². The Labute approximate surface area is 246 Å². The highest BCUT2D eigenvalue weighted by atomic mass is 16.6. The van der Waals surface area contributed by atoms with Crippen LogP contribution in [0.2, 0.25) is 0 Å². The summed E-state index contributed by atoms with van der Waals surface area (Å²) in [6.07, 6.45) is 36.2. The third kappa shape index (κ3) is 29.1. The number of carbonyl (C=O) groups excluding carboxylic acids is 2. The second-order valence-electron chi connectivity index (χ2n) is 10.9. The number of ether oxygens (including phenoxy) is 2. The lowest BCUT2D eigenvalue weighted by atomic mass is 10.1. The van der Waals surface area contributed by atoms with Crippen molar-refractivity contribution >= 4 is 11.9 Å². The third-order valence-corrected chi connectivity index (χ3v) is 6.91. The number of rotatable bonds is 29. The van der Waals surface area contributed by atoms with Gasteiger partial charge in [-0.1, -0.05) is 115 Å². The van der Waals surface area contributed by atoms with Crippen LogP contribution < -0.4 is 0 Å². The fraction of sp³-hybridized carbons (Fsp3) is 0.771. The number of hydrogen-bond acceptors (Lipinski definition) is 5. The zero-order chi connectivity index (χ0) is 29.4. The first-order valence-corrected chi connectivity index (χ1v) is 16.5. The van der Waals surface area contributed by atoms with Crippen LogP contribution in [0.5, 0.6) is 0 Å². The number of carbonyl (C=O) groups is 2. The monoisotopic (exact) mass is 562 g/mol. The van der Waals surface area contributed by atoms with E-state index in [2.05, 4.69) is 50.3 Å². The summed E-state index contributed by atoms with van der Waals surface area (Å²) >= 11 is 0. The number of esters is 2. The summed E-state index contributed by atoms with van der Waals surface area (Å²) in [5.41, 5.74) is 0. The highest BCUT2D eigenvalue weighted by Gasteiger charge is 2.16. The maximum absolute atomic E-state index is 12.1. The van der Waals surface area contributed by atoms with Gasteiger partial charge in [-0.2, -0.15) is 0 Å². The Balaban J connectivity index is 3.64. The van der Waals surface area contributed by atoms with Gasteiger partial charge in [-0.15, -0.1) is 0 Å². The second kappa shape index (κ2) is 31.6. The van der Waals surface area contributed by atoms with Crippen LogP contribution >= 0.6 is 0 Å². The normalized spacial score (nSPS) is 12.6. The van der Waals surface area contributed by atoms with Crippen LogP contribution in [-0.2, 0) is 19.1 Å². The molecule has 0 aromatic rings. The first-order valence-electron chi connectivity index (χ1n) is 16.5. The topological polar surface area (TPSA) is 72.8 Å². The van der Waals surface area contributed by atoms with Gasteiger partial charge in [0.25, 0.3) is 0 Å². The zero-order valence-electron chi connectivity index (χ0n) is 26.1. The first kappa shape index (κ1) is 38.1. The van der Waals surface area contributed by atoms with Crippen LogP contribution in [0.15, 0.2) is 36.5 Å². The Morgan fingerprint density at radius 1 is 0.575 bits per heavy atom. The van der Waals surface area contributed by atoms with Crippen LogP contribution in [0.4, 0.5) is 0 Å². The minimum absolute atomic E-state index is 0.0758. The van der Waals surface area contributed by atoms with Gasteiger partial charge in [0.05, 0.1) is 6.61 Å². The van der Waals surface area contributed by atoms with Crippen molar-refractivity contribution in [1.29, 1.82) is 0 Å². The minimum Gasteiger partial charge on any atom is -0.462 e. The molecular formula is C35H62O5. The fourth-order valence-electron chi connectivity index (χ4n) is 4.33. The molecule has 0 unspecified atom stereocenters. The van der Waals surface area contributed by atoms with E-state index in [4.69, 9.17) is 9.47 Å². The highest BCUT2D eigenvalue weighted by Crippen LogP contribution is 2.11. The molecule has 0 aromatic carbocycles. The van der Waals surface area contributed by atoms with E-state index >= 15 is 0 Å². The predicted molar refractivity (Wildman–Crippen MR) is 168 cm³/mol. The van der Waals surface area contributed by atoms with Crippen molar-refractivity contribution < 1.29 is 24.2 Å². The lowest BCUT2D eigenvalue weighted by Crippen LogP contribution is -2.28. The van der Waals surface area contributed by atoms with Gasteiger partial charge in [-0.05, 0) is 64.2 Å². The van der Waals surface area contributed by atoms with Gasteiger partial charge in [0.15, 0.2) is 6.10 Å². The van der Waals surface area contributed by atoms with Crippen LogP contribution in [0, 0.1) is 0 Å². The van der Waals surface area contributed by atoms with Gasteiger partial charge in [0.1, 0.15) is 6.61 Å². The molecule has 5 nitrogen and oxygen atoms in total. The Bertz CT molecular complexity index is 652. The quantitative estimate of drug-likeness (QED) is 0.0558. The Morgan fingerprint density at radius 3 is 1.57 bits per heavy atom. The molecule has 0 spiro atoms. The standard InChI is InChI=1S/C35H62O5/c1-3-5-7-9-11-13-15-16-17-18-20-22-24-26-28-30-35(38)40-33(31-36)32-39-34(37)29-27-25-23-21-19-14-12-10-8-6-4-2/h10-13,16-17,33,36H,3-9,14-15,18-32H2,1-2H3/b12-10-,13-11-,17-16-/t33-/m0/s1.